The maximum Gasteiger partial charge on any atom is 0.114 e. The number of aromatic nitrogens is 6. The molecule has 0 spiro atoms. The minimum Gasteiger partial charge on any atom is -0.311 e. The largest absolute Gasteiger partial charge is 0.311 e. The molecule has 49 heavy (non-hydrogen) atoms. The predicted molar refractivity (Wildman–Crippen MR) is 200 cm³/mol. The van der Waals surface area contributed by atoms with Crippen LogP contribution in [0.2, 0.25) is 0 Å². The molecule has 4 heterocycles. The molecule has 0 aliphatic carbocycles. The van der Waals surface area contributed by atoms with Gasteiger partial charge in [-0.15, -0.1) is 0 Å². The minimum atomic E-state index is 0.869. The molecule has 0 aliphatic heterocycles. The van der Waals surface area contributed by atoms with E-state index in [1.54, 1.807) is 12.4 Å². The first-order valence-corrected chi connectivity index (χ1v) is 17.2. The molecule has 0 saturated heterocycles. The van der Waals surface area contributed by atoms with Crippen molar-refractivity contribution in [1.29, 1.82) is 0 Å². The van der Waals surface area contributed by atoms with E-state index in [-0.39, 0.29) is 0 Å². The van der Waals surface area contributed by atoms with Gasteiger partial charge in [-0.2, -0.15) is 17.5 Å². The number of pyridine rings is 2. The molecule has 0 amide bonds. The van der Waals surface area contributed by atoms with E-state index < -0.39 is 0 Å². The number of para-hydroxylation sites is 1. The van der Waals surface area contributed by atoms with Gasteiger partial charge >= 0.3 is 0 Å². The van der Waals surface area contributed by atoms with E-state index in [1.165, 1.54) is 23.5 Å². The van der Waals surface area contributed by atoms with Crippen LogP contribution in [0.5, 0.6) is 0 Å². The summed E-state index contributed by atoms with van der Waals surface area (Å²) in [7, 11) is 0. The normalized spacial score (nSPS) is 11.3. The fourth-order valence-electron chi connectivity index (χ4n) is 6.26. The number of anilines is 3. The Morgan fingerprint density at radius 2 is 0.735 bits per heavy atom. The Hall–Kier alpha value is -6.16. The van der Waals surface area contributed by atoms with Gasteiger partial charge in [-0.3, -0.25) is 9.97 Å². The minimum absolute atomic E-state index is 0.869. The van der Waals surface area contributed by atoms with Crippen molar-refractivity contribution < 1.29 is 0 Å². The highest BCUT2D eigenvalue weighted by Gasteiger charge is 2.18. The fraction of sp³-hybridized carbons (Fsp3) is 0. The van der Waals surface area contributed by atoms with Crippen molar-refractivity contribution in [3.63, 3.8) is 0 Å². The van der Waals surface area contributed by atoms with E-state index >= 15 is 0 Å². The number of rotatable bonds is 7. The first-order valence-electron chi connectivity index (χ1n) is 15.7. The Bertz CT molecular complexity index is 2370. The first-order chi connectivity index (χ1) is 24.3. The van der Waals surface area contributed by atoms with Crippen LogP contribution in [0.1, 0.15) is 0 Å². The van der Waals surface area contributed by atoms with Crippen LogP contribution in [-0.4, -0.2) is 27.5 Å². The van der Waals surface area contributed by atoms with Crippen LogP contribution in [0.25, 0.3) is 66.8 Å². The predicted octanol–water partition coefficient (Wildman–Crippen LogP) is 10.6. The van der Waals surface area contributed by atoms with Gasteiger partial charge in [-0.1, -0.05) is 66.7 Å². The summed E-state index contributed by atoms with van der Waals surface area (Å²) in [5, 5.41) is 0. The van der Waals surface area contributed by atoms with Gasteiger partial charge in [-0.25, -0.2) is 0 Å². The summed E-state index contributed by atoms with van der Waals surface area (Å²) < 4.78 is 18.6. The van der Waals surface area contributed by atoms with Crippen LogP contribution in [0.3, 0.4) is 0 Å². The Labute approximate surface area is 290 Å². The summed E-state index contributed by atoms with van der Waals surface area (Å²) in [6.07, 6.45) is 3.61. The average Bonchev–Trinajstić information content (AvgIpc) is 3.88. The van der Waals surface area contributed by atoms with Crippen molar-refractivity contribution in [3.8, 4) is 44.8 Å². The molecule has 7 nitrogen and oxygen atoms in total. The molecule has 5 aromatic carbocycles. The lowest BCUT2D eigenvalue weighted by Gasteiger charge is -2.26. The zero-order chi connectivity index (χ0) is 32.6. The van der Waals surface area contributed by atoms with Crippen LogP contribution in [-0.2, 0) is 0 Å². The van der Waals surface area contributed by atoms with Gasteiger partial charge < -0.3 is 4.90 Å². The lowest BCUT2D eigenvalue weighted by atomic mass is 9.99. The molecule has 0 saturated carbocycles. The van der Waals surface area contributed by atoms with Crippen molar-refractivity contribution in [3.05, 3.63) is 152 Å². The number of hydrogen-bond donors (Lipinski definition) is 0. The second-order valence-corrected chi connectivity index (χ2v) is 12.5. The molecule has 9 rings (SSSR count). The van der Waals surface area contributed by atoms with Crippen LogP contribution in [0, 0.1) is 0 Å². The van der Waals surface area contributed by atoms with Crippen LogP contribution < -0.4 is 4.90 Å². The maximum atomic E-state index is 4.68. The van der Waals surface area contributed by atoms with Gasteiger partial charge in [0.2, 0.25) is 0 Å². The number of hydrogen-bond acceptors (Lipinski definition) is 9. The fourth-order valence-corrected chi connectivity index (χ4v) is 7.41. The SMILES string of the molecule is c1ccc(N(c2ccc(-c3ccc(-c4ccccn4)c4nsnc34)cc2)c2ccc(-c3ccc(-c4ccccn4)c4nsnc34)cc2)cc1. The van der Waals surface area contributed by atoms with Crippen molar-refractivity contribution in [1.82, 2.24) is 27.5 Å². The van der Waals surface area contributed by atoms with E-state index in [0.717, 1.165) is 83.9 Å². The number of nitrogens with zero attached hydrogens (tertiary/aromatic N) is 7. The number of benzene rings is 5. The Kier molecular flexibility index (Phi) is 7.38. The van der Waals surface area contributed by atoms with E-state index in [2.05, 4.69) is 129 Å². The average molecular weight is 668 g/mol. The van der Waals surface area contributed by atoms with Gasteiger partial charge in [0.25, 0.3) is 0 Å². The summed E-state index contributed by atoms with van der Waals surface area (Å²) in [5.74, 6) is 0. The molecular weight excluding hydrogens is 643 g/mol. The lowest BCUT2D eigenvalue weighted by molar-refractivity contribution is 1.28. The summed E-state index contributed by atoms with van der Waals surface area (Å²) >= 11 is 2.46. The molecule has 0 radical (unpaired) electrons. The zero-order valence-electron chi connectivity index (χ0n) is 25.9. The zero-order valence-corrected chi connectivity index (χ0v) is 27.5. The van der Waals surface area contributed by atoms with Crippen LogP contribution in [0.4, 0.5) is 17.1 Å². The highest BCUT2D eigenvalue weighted by atomic mass is 32.1. The van der Waals surface area contributed by atoms with Gasteiger partial charge in [0, 0.05) is 51.7 Å². The van der Waals surface area contributed by atoms with Crippen LogP contribution >= 0.6 is 23.5 Å². The van der Waals surface area contributed by atoms with Crippen LogP contribution in [0.15, 0.2) is 152 Å². The number of fused-ring (bicyclic) bond motifs is 2. The molecule has 0 atom stereocenters. The third-order valence-electron chi connectivity index (χ3n) is 8.60. The Balaban J connectivity index is 1.07. The summed E-state index contributed by atoms with van der Waals surface area (Å²) in [4.78, 5) is 11.3. The second kappa shape index (κ2) is 12.5. The molecule has 0 bridgehead atoms. The summed E-state index contributed by atoms with van der Waals surface area (Å²) in [6, 6.07) is 47.9. The van der Waals surface area contributed by atoms with Crippen molar-refractivity contribution in [2.75, 3.05) is 4.90 Å². The third kappa shape index (κ3) is 5.31. The summed E-state index contributed by atoms with van der Waals surface area (Å²) in [6.45, 7) is 0. The van der Waals surface area contributed by atoms with Gasteiger partial charge in [0.15, 0.2) is 0 Å². The van der Waals surface area contributed by atoms with E-state index in [9.17, 15) is 0 Å². The second-order valence-electron chi connectivity index (χ2n) is 11.4. The summed E-state index contributed by atoms with van der Waals surface area (Å²) in [5.41, 5.74) is 14.7. The topological polar surface area (TPSA) is 80.6 Å². The van der Waals surface area contributed by atoms with Gasteiger partial charge in [0.05, 0.1) is 34.8 Å². The Morgan fingerprint density at radius 1 is 0.347 bits per heavy atom. The monoisotopic (exact) mass is 667 g/mol. The standard InChI is InChI=1S/C40H25N7S2/c1-2-8-28(9-3-1)47(29-16-12-26(13-17-29)31-20-22-33(35-10-4-6-24-41-35)39-37(31)43-48-45-39)30-18-14-27(15-19-30)32-21-23-34(36-11-5-7-25-42-36)40-38(32)44-49-46-40/h1-25H. The maximum absolute atomic E-state index is 4.68. The molecule has 0 aliphatic rings. The molecule has 4 aromatic heterocycles. The smallest absolute Gasteiger partial charge is 0.114 e. The van der Waals surface area contributed by atoms with Crippen molar-refractivity contribution in [2.45, 2.75) is 0 Å². The highest BCUT2D eigenvalue weighted by Crippen LogP contribution is 2.40. The third-order valence-corrected chi connectivity index (χ3v) is 9.66. The molecule has 0 fully saturated rings. The molecule has 9 aromatic rings. The lowest BCUT2D eigenvalue weighted by Crippen LogP contribution is -2.09. The van der Waals surface area contributed by atoms with Crippen molar-refractivity contribution >= 4 is 62.6 Å². The molecule has 9 heteroatoms. The van der Waals surface area contributed by atoms with E-state index in [0.29, 0.717) is 0 Å². The Morgan fingerprint density at radius 3 is 1.16 bits per heavy atom. The van der Waals surface area contributed by atoms with Gasteiger partial charge in [0.1, 0.15) is 22.1 Å². The molecule has 0 N–H and O–H groups in total. The molecular formula is C40H25N7S2. The van der Waals surface area contributed by atoms with E-state index in [1.807, 2.05) is 42.5 Å². The van der Waals surface area contributed by atoms with Gasteiger partial charge in [-0.05, 0) is 83.9 Å². The molecule has 232 valence electrons. The highest BCUT2D eigenvalue weighted by molar-refractivity contribution is 7.00. The quantitative estimate of drug-likeness (QED) is 0.167. The molecule has 0 unspecified atom stereocenters. The first kappa shape index (κ1) is 29.0. The van der Waals surface area contributed by atoms with E-state index in [4.69, 9.17) is 0 Å². The van der Waals surface area contributed by atoms with Crippen molar-refractivity contribution in [2.24, 2.45) is 0 Å².